The Morgan fingerprint density at radius 1 is 1.27 bits per heavy atom. The van der Waals surface area contributed by atoms with Gasteiger partial charge in [0.25, 0.3) is 5.91 Å². The van der Waals surface area contributed by atoms with Gasteiger partial charge in [0.2, 0.25) is 0 Å². The van der Waals surface area contributed by atoms with Crippen LogP contribution in [0.1, 0.15) is 30.1 Å². The summed E-state index contributed by atoms with van der Waals surface area (Å²) in [6, 6.07) is 6.28. The van der Waals surface area contributed by atoms with Gasteiger partial charge in [0.05, 0.1) is 11.3 Å². The van der Waals surface area contributed by atoms with Gasteiger partial charge in [-0.3, -0.25) is 4.79 Å². The van der Waals surface area contributed by atoms with Crippen LogP contribution in [0.3, 0.4) is 0 Å². The van der Waals surface area contributed by atoms with Gasteiger partial charge in [-0.05, 0) is 18.6 Å². The summed E-state index contributed by atoms with van der Waals surface area (Å²) < 4.78 is 15.3. The summed E-state index contributed by atoms with van der Waals surface area (Å²) >= 11 is 0. The molecule has 0 saturated carbocycles. The number of hydrogen-bond donors (Lipinski definition) is 1. The number of urea groups is 1. The van der Waals surface area contributed by atoms with Crippen LogP contribution >= 0.6 is 0 Å². The van der Waals surface area contributed by atoms with Gasteiger partial charge in [0.15, 0.2) is 0 Å². The minimum atomic E-state index is -2.54. The van der Waals surface area contributed by atoms with Gasteiger partial charge < -0.3 is 10.2 Å². The first-order valence-electron chi connectivity index (χ1n) is 7.07. The first-order valence-corrected chi connectivity index (χ1v) is 9.40. The third-order valence-electron chi connectivity index (χ3n) is 2.90. The van der Waals surface area contributed by atoms with E-state index in [-0.39, 0.29) is 11.6 Å². The van der Waals surface area contributed by atoms with Crippen molar-refractivity contribution in [3.8, 4) is 0 Å². The molecule has 0 bridgehead atoms. The Morgan fingerprint density at radius 2 is 1.91 bits per heavy atom. The second-order valence-electron chi connectivity index (χ2n) is 5.33. The first-order chi connectivity index (χ1) is 10.2. The van der Waals surface area contributed by atoms with Gasteiger partial charge in [-0.1, -0.05) is 25.5 Å². The van der Waals surface area contributed by atoms with E-state index in [2.05, 4.69) is 9.68 Å². The highest BCUT2D eigenvalue weighted by atomic mass is 32.2. The first kappa shape index (κ1) is 18.2. The molecule has 1 rings (SSSR count). The highest BCUT2D eigenvalue weighted by Gasteiger charge is 2.15. The lowest BCUT2D eigenvalue weighted by molar-refractivity contribution is 0.101. The molecule has 1 N–H and O–H groups in total. The molecular weight excluding hydrogens is 302 g/mol. The molecule has 0 saturated heterocycles. The van der Waals surface area contributed by atoms with Gasteiger partial charge in [-0.15, -0.1) is 0 Å². The lowest BCUT2D eigenvalue weighted by Gasteiger charge is -2.18. The Morgan fingerprint density at radius 3 is 2.50 bits per heavy atom. The van der Waals surface area contributed by atoms with Crippen LogP contribution in [0.25, 0.3) is 0 Å². The number of amides is 3. The SMILES string of the molecule is CCCCN(C)C(=O)Nc1ccccc1C(=O)N=S(C)(C)=O. The smallest absolute Gasteiger partial charge is 0.321 e. The highest BCUT2D eigenvalue weighted by molar-refractivity contribution is 7.92. The summed E-state index contributed by atoms with van der Waals surface area (Å²) in [5.74, 6) is -0.595. The quantitative estimate of drug-likeness (QED) is 0.904. The number of carbonyl (C=O) groups is 2. The molecule has 6 nitrogen and oxygen atoms in total. The fraction of sp³-hybridized carbons (Fsp3) is 0.467. The lowest BCUT2D eigenvalue weighted by Crippen LogP contribution is -2.32. The van der Waals surface area contributed by atoms with E-state index in [0.29, 0.717) is 12.2 Å². The van der Waals surface area contributed by atoms with Gasteiger partial charge in [-0.25, -0.2) is 9.00 Å². The number of benzene rings is 1. The molecule has 22 heavy (non-hydrogen) atoms. The predicted molar refractivity (Wildman–Crippen MR) is 89.7 cm³/mol. The van der Waals surface area contributed by atoms with Crippen molar-refractivity contribution in [3.63, 3.8) is 0 Å². The second kappa shape index (κ2) is 7.93. The molecule has 0 heterocycles. The van der Waals surface area contributed by atoms with E-state index in [0.717, 1.165) is 12.8 Å². The minimum Gasteiger partial charge on any atom is -0.328 e. The molecule has 0 aliphatic carbocycles. The third-order valence-corrected chi connectivity index (χ3v) is 3.50. The number of carbonyl (C=O) groups excluding carboxylic acids is 2. The second-order valence-corrected chi connectivity index (χ2v) is 7.87. The topological polar surface area (TPSA) is 78.8 Å². The van der Waals surface area contributed by atoms with Crippen molar-refractivity contribution in [2.24, 2.45) is 4.36 Å². The molecule has 0 unspecified atom stereocenters. The summed E-state index contributed by atoms with van der Waals surface area (Å²) in [6.45, 7) is 2.69. The number of rotatable bonds is 5. The summed E-state index contributed by atoms with van der Waals surface area (Å²) in [6.07, 6.45) is 4.69. The minimum absolute atomic E-state index is 0.233. The van der Waals surface area contributed by atoms with Crippen molar-refractivity contribution in [3.05, 3.63) is 29.8 Å². The zero-order chi connectivity index (χ0) is 16.8. The largest absolute Gasteiger partial charge is 0.328 e. The average molecular weight is 325 g/mol. The molecule has 1 aromatic carbocycles. The van der Waals surface area contributed by atoms with Crippen molar-refractivity contribution in [2.45, 2.75) is 19.8 Å². The van der Waals surface area contributed by atoms with Crippen LogP contribution in [-0.2, 0) is 9.73 Å². The molecule has 0 aliphatic rings. The van der Waals surface area contributed by atoms with Crippen LogP contribution in [0.2, 0.25) is 0 Å². The number of nitrogens with zero attached hydrogens (tertiary/aromatic N) is 2. The molecule has 0 aromatic heterocycles. The lowest BCUT2D eigenvalue weighted by atomic mass is 10.1. The van der Waals surface area contributed by atoms with Crippen LogP contribution in [0, 0.1) is 0 Å². The summed E-state index contributed by atoms with van der Waals surface area (Å²) in [4.78, 5) is 25.7. The van der Waals surface area contributed by atoms with Gasteiger partial charge in [0.1, 0.15) is 0 Å². The predicted octanol–water partition coefficient (Wildman–Crippen LogP) is 2.82. The molecule has 0 atom stereocenters. The average Bonchev–Trinajstić information content (AvgIpc) is 2.43. The molecule has 0 spiro atoms. The highest BCUT2D eigenvalue weighted by Crippen LogP contribution is 2.17. The van der Waals surface area contributed by atoms with Crippen LogP contribution in [0.15, 0.2) is 28.6 Å². The Bertz CT molecular complexity index is 656. The summed E-state index contributed by atoms with van der Waals surface area (Å²) in [7, 11) is -0.844. The summed E-state index contributed by atoms with van der Waals surface area (Å²) in [5.41, 5.74) is 0.601. The molecule has 3 amide bonds. The van der Waals surface area contributed by atoms with Crippen molar-refractivity contribution in [2.75, 3.05) is 31.4 Å². The molecule has 7 heteroatoms. The van der Waals surface area contributed by atoms with E-state index >= 15 is 0 Å². The number of para-hydroxylation sites is 1. The monoisotopic (exact) mass is 325 g/mol. The standard InChI is InChI=1S/C15H23N3O3S/c1-5-6-11-18(2)15(20)16-13-10-8-7-9-12(13)14(19)17-22(3,4)21/h7-10H,5-6,11H2,1-4H3,(H,16,20). The Hall–Kier alpha value is -1.89. The zero-order valence-electron chi connectivity index (χ0n) is 13.5. The van der Waals surface area contributed by atoms with Crippen LogP contribution in [-0.4, -0.2) is 47.2 Å². The molecule has 0 fully saturated rings. The molecule has 0 radical (unpaired) electrons. The molecular formula is C15H23N3O3S. The van der Waals surface area contributed by atoms with Crippen LogP contribution < -0.4 is 5.32 Å². The number of nitrogens with one attached hydrogen (secondary N) is 1. The van der Waals surface area contributed by atoms with Crippen molar-refractivity contribution in [1.82, 2.24) is 4.90 Å². The number of unbranched alkanes of at least 4 members (excludes halogenated alkanes) is 1. The maximum Gasteiger partial charge on any atom is 0.321 e. The molecule has 0 aliphatic heterocycles. The van der Waals surface area contributed by atoms with E-state index in [9.17, 15) is 13.8 Å². The van der Waals surface area contributed by atoms with Crippen molar-refractivity contribution >= 4 is 27.4 Å². The number of anilines is 1. The van der Waals surface area contributed by atoms with Gasteiger partial charge >= 0.3 is 6.03 Å². The van der Waals surface area contributed by atoms with E-state index in [4.69, 9.17) is 0 Å². The fourth-order valence-corrected chi connectivity index (χ4v) is 2.23. The van der Waals surface area contributed by atoms with Gasteiger partial charge in [0, 0.05) is 35.8 Å². The van der Waals surface area contributed by atoms with E-state index in [1.807, 2.05) is 6.92 Å². The summed E-state index contributed by atoms with van der Waals surface area (Å²) in [5, 5.41) is 2.70. The normalized spacial score (nSPS) is 10.9. The van der Waals surface area contributed by atoms with Crippen molar-refractivity contribution in [1.29, 1.82) is 0 Å². The van der Waals surface area contributed by atoms with Gasteiger partial charge in [-0.2, -0.15) is 4.36 Å². The zero-order valence-corrected chi connectivity index (χ0v) is 14.3. The Kier molecular flexibility index (Phi) is 6.55. The van der Waals surface area contributed by atoms with Crippen molar-refractivity contribution < 1.29 is 13.8 Å². The van der Waals surface area contributed by atoms with Crippen LogP contribution in [0.5, 0.6) is 0 Å². The maximum atomic E-state index is 12.1. The Labute approximate surface area is 132 Å². The van der Waals surface area contributed by atoms with E-state index < -0.39 is 15.6 Å². The third kappa shape index (κ3) is 5.85. The molecule has 1 aromatic rings. The van der Waals surface area contributed by atoms with E-state index in [1.165, 1.54) is 12.5 Å². The van der Waals surface area contributed by atoms with E-state index in [1.54, 1.807) is 36.2 Å². The van der Waals surface area contributed by atoms with Crippen LogP contribution in [0.4, 0.5) is 10.5 Å². The molecule has 122 valence electrons. The maximum absolute atomic E-state index is 12.1. The Balaban J connectivity index is 2.96. The number of hydrogen-bond acceptors (Lipinski definition) is 3. The fourth-order valence-electron chi connectivity index (χ4n) is 1.73.